The van der Waals surface area contributed by atoms with Crippen molar-refractivity contribution in [3.63, 3.8) is 0 Å². The van der Waals surface area contributed by atoms with Crippen molar-refractivity contribution in [1.82, 2.24) is 9.80 Å². The third kappa shape index (κ3) is 5.08. The molecule has 0 N–H and O–H groups in total. The second-order valence-corrected chi connectivity index (χ2v) is 9.96. The van der Waals surface area contributed by atoms with Crippen LogP contribution in [0, 0.1) is 0 Å². The van der Waals surface area contributed by atoms with Crippen LogP contribution in [0.3, 0.4) is 0 Å². The molecule has 2 heterocycles. The molecule has 2 unspecified atom stereocenters. The van der Waals surface area contributed by atoms with E-state index in [4.69, 9.17) is 0 Å². The van der Waals surface area contributed by atoms with Gasteiger partial charge in [-0.3, -0.25) is 9.69 Å². The zero-order valence-electron chi connectivity index (χ0n) is 21.3. The van der Waals surface area contributed by atoms with E-state index in [-0.39, 0.29) is 5.91 Å². The Morgan fingerprint density at radius 2 is 1.42 bits per heavy atom. The molecule has 0 spiro atoms. The number of hydrogen-bond donors (Lipinski definition) is 0. The summed E-state index contributed by atoms with van der Waals surface area (Å²) in [6.45, 7) is 7.50. The molecule has 1 amide bonds. The second-order valence-electron chi connectivity index (χ2n) is 9.96. The molecule has 2 saturated heterocycles. The quantitative estimate of drug-likeness (QED) is 0.351. The first kappa shape index (κ1) is 24.3. The Labute approximate surface area is 215 Å². The number of fused-ring (bicyclic) bond motifs is 2. The maximum Gasteiger partial charge on any atom is 0.257 e. The fourth-order valence-electron chi connectivity index (χ4n) is 6.06. The van der Waals surface area contributed by atoms with E-state index in [0.717, 1.165) is 25.8 Å². The molecule has 3 nitrogen and oxygen atoms in total. The van der Waals surface area contributed by atoms with Gasteiger partial charge in [-0.15, -0.1) is 0 Å². The van der Waals surface area contributed by atoms with Gasteiger partial charge in [0.05, 0.1) is 0 Å². The van der Waals surface area contributed by atoms with Crippen molar-refractivity contribution in [3.8, 4) is 0 Å². The largest absolute Gasteiger partial charge is 0.316 e. The summed E-state index contributed by atoms with van der Waals surface area (Å²) < 4.78 is 0. The first-order chi connectivity index (χ1) is 17.7. The summed E-state index contributed by atoms with van der Waals surface area (Å²) in [5, 5.41) is 0. The molecule has 0 saturated carbocycles. The number of rotatable bonds is 8. The van der Waals surface area contributed by atoms with Gasteiger partial charge in [0, 0.05) is 30.7 Å². The summed E-state index contributed by atoms with van der Waals surface area (Å²) in [7, 11) is 0. The van der Waals surface area contributed by atoms with Crippen molar-refractivity contribution in [1.29, 1.82) is 0 Å². The summed E-state index contributed by atoms with van der Waals surface area (Å²) in [4.78, 5) is 17.2. The molecule has 3 aromatic rings. The maximum atomic E-state index is 12.8. The lowest BCUT2D eigenvalue weighted by Gasteiger charge is -2.37. The summed E-state index contributed by atoms with van der Waals surface area (Å²) in [6.07, 6.45) is 7.54. The van der Waals surface area contributed by atoms with Crippen LogP contribution in [-0.4, -0.2) is 40.9 Å². The minimum absolute atomic E-state index is 0.00210. The molecule has 2 bridgehead atoms. The van der Waals surface area contributed by atoms with Gasteiger partial charge in [0.15, 0.2) is 0 Å². The molecule has 0 aliphatic carbocycles. The van der Waals surface area contributed by atoms with Gasteiger partial charge in [-0.05, 0) is 79.6 Å². The van der Waals surface area contributed by atoms with Crippen LogP contribution in [0.5, 0.6) is 0 Å². The SMILES string of the molecule is C=CN(CC)C(=O)c1ccc(C(=C2CC3CCC(C2)N3CCc2ccccc2)c2ccccc2)cc1. The van der Waals surface area contributed by atoms with E-state index in [2.05, 4.69) is 84.3 Å². The van der Waals surface area contributed by atoms with Gasteiger partial charge in [-0.1, -0.05) is 84.9 Å². The van der Waals surface area contributed by atoms with Gasteiger partial charge < -0.3 is 4.90 Å². The standard InChI is InChI=1S/C33H36N2O/c1-3-34(4-2)33(36)28-17-15-27(16-18-28)32(26-13-9-6-10-14-26)29-23-30-19-20-31(24-29)35(30)22-21-25-11-7-5-8-12-25/h3,5-18,30-31H,1,4,19-24H2,2H3. The van der Waals surface area contributed by atoms with E-state index in [1.54, 1.807) is 16.7 Å². The van der Waals surface area contributed by atoms with E-state index >= 15 is 0 Å². The number of nitrogens with zero attached hydrogens (tertiary/aromatic N) is 2. The van der Waals surface area contributed by atoms with Gasteiger partial charge in [-0.25, -0.2) is 0 Å². The molecule has 0 radical (unpaired) electrons. The summed E-state index contributed by atoms with van der Waals surface area (Å²) in [6, 6.07) is 31.1. The molecule has 2 aliphatic heterocycles. The molecule has 2 fully saturated rings. The van der Waals surface area contributed by atoms with E-state index in [1.165, 1.54) is 35.1 Å². The van der Waals surface area contributed by atoms with Crippen molar-refractivity contribution >= 4 is 11.5 Å². The summed E-state index contributed by atoms with van der Waals surface area (Å²) in [5.41, 5.74) is 7.51. The minimum Gasteiger partial charge on any atom is -0.316 e. The molecule has 2 aliphatic rings. The van der Waals surface area contributed by atoms with Crippen molar-refractivity contribution < 1.29 is 4.79 Å². The van der Waals surface area contributed by atoms with E-state index in [0.29, 0.717) is 24.2 Å². The zero-order chi connectivity index (χ0) is 24.9. The normalized spacial score (nSPS) is 19.2. The van der Waals surface area contributed by atoms with Gasteiger partial charge in [0.1, 0.15) is 0 Å². The Morgan fingerprint density at radius 1 is 0.861 bits per heavy atom. The van der Waals surface area contributed by atoms with Crippen LogP contribution < -0.4 is 0 Å². The number of piperidine rings is 1. The summed E-state index contributed by atoms with van der Waals surface area (Å²) in [5.74, 6) is -0.00210. The lowest BCUT2D eigenvalue weighted by atomic mass is 9.85. The Kier molecular flexibility index (Phi) is 7.48. The Hall–Kier alpha value is -3.43. The van der Waals surface area contributed by atoms with Crippen LogP contribution >= 0.6 is 0 Å². The number of hydrogen-bond acceptors (Lipinski definition) is 2. The van der Waals surface area contributed by atoms with Gasteiger partial charge in [-0.2, -0.15) is 0 Å². The van der Waals surface area contributed by atoms with Crippen molar-refractivity contribution in [2.45, 2.75) is 51.1 Å². The van der Waals surface area contributed by atoms with Crippen LogP contribution in [0.4, 0.5) is 0 Å². The Balaban J connectivity index is 1.42. The lowest BCUT2D eigenvalue weighted by molar-refractivity contribution is 0.0829. The van der Waals surface area contributed by atoms with Crippen LogP contribution in [-0.2, 0) is 6.42 Å². The molecule has 5 rings (SSSR count). The first-order valence-electron chi connectivity index (χ1n) is 13.3. The van der Waals surface area contributed by atoms with Crippen LogP contribution in [0.15, 0.2) is 103 Å². The molecular weight excluding hydrogens is 440 g/mol. The second kappa shape index (κ2) is 11.1. The monoisotopic (exact) mass is 476 g/mol. The highest BCUT2D eigenvalue weighted by Crippen LogP contribution is 2.43. The number of amides is 1. The third-order valence-corrected chi connectivity index (χ3v) is 7.90. The van der Waals surface area contributed by atoms with Gasteiger partial charge in [0.2, 0.25) is 0 Å². The highest BCUT2D eigenvalue weighted by atomic mass is 16.2. The van der Waals surface area contributed by atoms with Gasteiger partial charge in [0.25, 0.3) is 5.91 Å². The minimum atomic E-state index is -0.00210. The fraction of sp³-hybridized carbons (Fsp3) is 0.303. The summed E-state index contributed by atoms with van der Waals surface area (Å²) >= 11 is 0. The molecule has 36 heavy (non-hydrogen) atoms. The van der Waals surface area contributed by atoms with Crippen LogP contribution in [0.1, 0.15) is 59.7 Å². The predicted octanol–water partition coefficient (Wildman–Crippen LogP) is 6.96. The van der Waals surface area contributed by atoms with Gasteiger partial charge >= 0.3 is 0 Å². The lowest BCUT2D eigenvalue weighted by Crippen LogP contribution is -2.41. The zero-order valence-corrected chi connectivity index (χ0v) is 21.3. The number of carbonyl (C=O) groups excluding carboxylic acids is 1. The van der Waals surface area contributed by atoms with Crippen molar-refractivity contribution in [2.24, 2.45) is 0 Å². The molecular formula is C33H36N2O. The highest BCUT2D eigenvalue weighted by molar-refractivity contribution is 5.95. The number of carbonyl (C=O) groups is 1. The number of benzene rings is 3. The van der Waals surface area contributed by atoms with Crippen LogP contribution in [0.2, 0.25) is 0 Å². The molecule has 0 aromatic heterocycles. The third-order valence-electron chi connectivity index (χ3n) is 7.90. The average Bonchev–Trinajstić information content (AvgIpc) is 3.17. The molecule has 2 atom stereocenters. The van der Waals surface area contributed by atoms with E-state index < -0.39 is 0 Å². The van der Waals surface area contributed by atoms with Crippen LogP contribution in [0.25, 0.3) is 5.57 Å². The Bertz CT molecular complexity index is 1200. The average molecular weight is 477 g/mol. The fourth-order valence-corrected chi connectivity index (χ4v) is 6.06. The molecule has 3 heteroatoms. The molecule has 184 valence electrons. The smallest absolute Gasteiger partial charge is 0.257 e. The molecule has 3 aromatic carbocycles. The van der Waals surface area contributed by atoms with E-state index in [1.807, 2.05) is 19.1 Å². The van der Waals surface area contributed by atoms with Crippen molar-refractivity contribution in [2.75, 3.05) is 13.1 Å². The maximum absolute atomic E-state index is 12.8. The topological polar surface area (TPSA) is 23.6 Å². The Morgan fingerprint density at radius 3 is 2.00 bits per heavy atom. The predicted molar refractivity (Wildman–Crippen MR) is 149 cm³/mol. The van der Waals surface area contributed by atoms with E-state index in [9.17, 15) is 4.79 Å². The first-order valence-corrected chi connectivity index (χ1v) is 13.3. The van der Waals surface area contributed by atoms with Crippen molar-refractivity contribution in [3.05, 3.63) is 126 Å². The highest BCUT2D eigenvalue weighted by Gasteiger charge is 2.39.